The van der Waals surface area contributed by atoms with Gasteiger partial charge in [0.2, 0.25) is 5.91 Å². The smallest absolute Gasteiger partial charge is 0.261 e. The number of rotatable bonds is 13. The van der Waals surface area contributed by atoms with E-state index in [0.29, 0.717) is 31.9 Å². The Bertz CT molecular complexity index is 1230. The molecule has 1 heterocycles. The molecule has 1 saturated heterocycles. The highest BCUT2D eigenvalue weighted by Crippen LogP contribution is 2.23. The lowest BCUT2D eigenvalue weighted by atomic mass is 10.1. The summed E-state index contributed by atoms with van der Waals surface area (Å²) in [7, 11) is 0. The van der Waals surface area contributed by atoms with Gasteiger partial charge in [-0.3, -0.25) is 9.59 Å². The van der Waals surface area contributed by atoms with Crippen molar-refractivity contribution in [1.82, 2.24) is 15.5 Å². The number of nitrogens with zero attached hydrogens (tertiary/aromatic N) is 1. The van der Waals surface area contributed by atoms with Crippen molar-refractivity contribution in [2.45, 2.75) is 65.2 Å². The second kappa shape index (κ2) is 15.1. The summed E-state index contributed by atoms with van der Waals surface area (Å²) in [5.74, 6) is 1.16. The van der Waals surface area contributed by atoms with Crippen molar-refractivity contribution >= 4 is 11.8 Å². The molecule has 7 heteroatoms. The Hall–Kier alpha value is -3.84. The van der Waals surface area contributed by atoms with E-state index in [9.17, 15) is 9.59 Å². The van der Waals surface area contributed by atoms with Gasteiger partial charge in [-0.05, 0) is 73.1 Å². The third kappa shape index (κ3) is 8.58. The predicted octanol–water partition coefficient (Wildman–Crippen LogP) is 5.15. The molecule has 1 atom stereocenters. The van der Waals surface area contributed by atoms with Gasteiger partial charge in [-0.2, -0.15) is 0 Å². The molecule has 4 rings (SSSR count). The van der Waals surface area contributed by atoms with Crippen molar-refractivity contribution in [3.63, 3.8) is 0 Å². The summed E-state index contributed by atoms with van der Waals surface area (Å²) in [6.45, 7) is 7.12. The van der Waals surface area contributed by atoms with E-state index in [1.807, 2.05) is 67.6 Å². The topological polar surface area (TPSA) is 79.9 Å². The van der Waals surface area contributed by atoms with Crippen molar-refractivity contribution in [3.05, 3.63) is 95.1 Å². The third-order valence-corrected chi connectivity index (χ3v) is 7.04. The first kappa shape index (κ1) is 29.2. The van der Waals surface area contributed by atoms with Crippen molar-refractivity contribution in [3.8, 4) is 11.5 Å². The van der Waals surface area contributed by atoms with E-state index in [4.69, 9.17) is 9.47 Å². The minimum atomic E-state index is -0.520. The molecule has 7 nitrogen and oxygen atoms in total. The number of hydrogen-bond acceptors (Lipinski definition) is 5. The van der Waals surface area contributed by atoms with Gasteiger partial charge in [0.1, 0.15) is 17.5 Å². The number of nitrogens with one attached hydrogen (secondary N) is 2. The minimum Gasteiger partial charge on any atom is -0.493 e. The summed E-state index contributed by atoms with van der Waals surface area (Å²) in [6, 6.07) is 23.5. The Morgan fingerprint density at radius 1 is 0.950 bits per heavy atom. The number of ether oxygens (including phenoxy) is 2. The van der Waals surface area contributed by atoms with E-state index in [0.717, 1.165) is 54.8 Å². The fraction of sp³-hybridized carbons (Fsp3) is 0.394. The first-order valence-corrected chi connectivity index (χ1v) is 14.3. The van der Waals surface area contributed by atoms with Crippen LogP contribution in [0.3, 0.4) is 0 Å². The molecule has 1 fully saturated rings. The summed E-state index contributed by atoms with van der Waals surface area (Å²) >= 11 is 0. The van der Waals surface area contributed by atoms with Gasteiger partial charge in [0.05, 0.1) is 6.61 Å². The van der Waals surface area contributed by atoms with Crippen LogP contribution in [-0.2, 0) is 29.2 Å². The highest BCUT2D eigenvalue weighted by molar-refractivity contribution is 5.88. The van der Waals surface area contributed by atoms with Crippen LogP contribution in [0, 0.1) is 6.92 Å². The molecule has 1 aliphatic heterocycles. The standard InChI is InChI=1S/C33H41N3O4/c1-3-19-39-31-17-14-28(20-25(31)2)23-36(30-11-7-8-18-35-33(30)38)32(37)24-40-29-15-12-27(13-16-29)22-34-21-26-9-5-4-6-10-26/h4-6,9-10,12-17,20,30,34H,3,7-8,11,18-19,21-24H2,1-2H3,(H,35,38)/t30-/m0/s1. The van der Waals surface area contributed by atoms with E-state index >= 15 is 0 Å². The summed E-state index contributed by atoms with van der Waals surface area (Å²) in [5.41, 5.74) is 4.34. The number of aryl methyl sites for hydroxylation is 1. The minimum absolute atomic E-state index is 0.0992. The zero-order valence-electron chi connectivity index (χ0n) is 23.7. The number of hydrogen-bond donors (Lipinski definition) is 2. The molecule has 3 aromatic carbocycles. The van der Waals surface area contributed by atoms with E-state index in [1.54, 1.807) is 4.90 Å². The Balaban J connectivity index is 1.37. The van der Waals surface area contributed by atoms with Crippen LogP contribution in [-0.4, -0.2) is 42.5 Å². The highest BCUT2D eigenvalue weighted by atomic mass is 16.5. The maximum absolute atomic E-state index is 13.5. The molecule has 40 heavy (non-hydrogen) atoms. The van der Waals surface area contributed by atoms with E-state index in [-0.39, 0.29) is 18.4 Å². The second-order valence-corrected chi connectivity index (χ2v) is 10.3. The Morgan fingerprint density at radius 2 is 1.68 bits per heavy atom. The maximum Gasteiger partial charge on any atom is 0.261 e. The molecule has 2 amide bonds. The van der Waals surface area contributed by atoms with Crippen molar-refractivity contribution in [2.24, 2.45) is 0 Å². The molecule has 0 radical (unpaired) electrons. The molecular formula is C33H41N3O4. The monoisotopic (exact) mass is 543 g/mol. The number of benzene rings is 3. The normalized spacial score (nSPS) is 15.2. The SMILES string of the molecule is CCCOc1ccc(CN(C(=O)COc2ccc(CNCc3ccccc3)cc2)[C@H]2CCCCNC2=O)cc1C. The van der Waals surface area contributed by atoms with Crippen LogP contribution in [0.1, 0.15) is 54.9 Å². The Labute approximate surface area is 237 Å². The van der Waals surface area contributed by atoms with Crippen LogP contribution in [0.2, 0.25) is 0 Å². The number of carbonyl (C=O) groups is 2. The molecule has 3 aromatic rings. The molecule has 0 spiro atoms. The van der Waals surface area contributed by atoms with Crippen LogP contribution >= 0.6 is 0 Å². The molecule has 0 bridgehead atoms. The average molecular weight is 544 g/mol. The molecule has 1 aliphatic rings. The van der Waals surface area contributed by atoms with Gasteiger partial charge < -0.3 is 25.0 Å². The molecule has 0 saturated carbocycles. The molecule has 0 aromatic heterocycles. The molecular weight excluding hydrogens is 502 g/mol. The fourth-order valence-corrected chi connectivity index (χ4v) is 4.85. The van der Waals surface area contributed by atoms with Crippen LogP contribution in [0.4, 0.5) is 0 Å². The van der Waals surface area contributed by atoms with Crippen LogP contribution in [0.15, 0.2) is 72.8 Å². The van der Waals surface area contributed by atoms with Crippen LogP contribution in [0.5, 0.6) is 11.5 Å². The van der Waals surface area contributed by atoms with Crippen molar-refractivity contribution in [2.75, 3.05) is 19.8 Å². The summed E-state index contributed by atoms with van der Waals surface area (Å²) < 4.78 is 11.7. The molecule has 0 unspecified atom stereocenters. The van der Waals surface area contributed by atoms with E-state index in [1.165, 1.54) is 5.56 Å². The van der Waals surface area contributed by atoms with Gasteiger partial charge in [0.25, 0.3) is 5.91 Å². The molecule has 2 N–H and O–H groups in total. The van der Waals surface area contributed by atoms with E-state index < -0.39 is 6.04 Å². The summed E-state index contributed by atoms with van der Waals surface area (Å²) in [4.78, 5) is 28.1. The second-order valence-electron chi connectivity index (χ2n) is 10.3. The fourth-order valence-electron chi connectivity index (χ4n) is 4.85. The number of carbonyl (C=O) groups excluding carboxylic acids is 2. The number of amides is 2. The zero-order valence-corrected chi connectivity index (χ0v) is 23.7. The Morgan fingerprint density at radius 3 is 2.40 bits per heavy atom. The van der Waals surface area contributed by atoms with Gasteiger partial charge in [-0.1, -0.05) is 61.5 Å². The summed E-state index contributed by atoms with van der Waals surface area (Å²) in [5, 5.41) is 6.41. The first-order valence-electron chi connectivity index (χ1n) is 14.3. The highest BCUT2D eigenvalue weighted by Gasteiger charge is 2.31. The van der Waals surface area contributed by atoms with Crippen LogP contribution < -0.4 is 20.1 Å². The lowest BCUT2D eigenvalue weighted by Crippen LogP contribution is -2.49. The van der Waals surface area contributed by atoms with Gasteiger partial charge in [0, 0.05) is 26.2 Å². The van der Waals surface area contributed by atoms with Gasteiger partial charge in [-0.25, -0.2) is 0 Å². The zero-order chi connectivity index (χ0) is 28.2. The van der Waals surface area contributed by atoms with Gasteiger partial charge >= 0.3 is 0 Å². The predicted molar refractivity (Wildman–Crippen MR) is 157 cm³/mol. The lowest BCUT2D eigenvalue weighted by molar-refractivity contribution is -0.142. The summed E-state index contributed by atoms with van der Waals surface area (Å²) in [6.07, 6.45) is 3.37. The van der Waals surface area contributed by atoms with Gasteiger partial charge in [0.15, 0.2) is 6.61 Å². The first-order chi connectivity index (χ1) is 19.5. The lowest BCUT2D eigenvalue weighted by Gasteiger charge is -2.30. The largest absolute Gasteiger partial charge is 0.493 e. The van der Waals surface area contributed by atoms with E-state index in [2.05, 4.69) is 29.7 Å². The molecule has 0 aliphatic carbocycles. The van der Waals surface area contributed by atoms with Gasteiger partial charge in [-0.15, -0.1) is 0 Å². The molecule has 212 valence electrons. The average Bonchev–Trinajstić information content (AvgIpc) is 3.19. The quantitative estimate of drug-likeness (QED) is 0.312. The third-order valence-electron chi connectivity index (χ3n) is 7.04. The maximum atomic E-state index is 13.5. The van der Waals surface area contributed by atoms with Crippen LogP contribution in [0.25, 0.3) is 0 Å². The van der Waals surface area contributed by atoms with Crippen molar-refractivity contribution in [1.29, 1.82) is 0 Å². The Kier molecular flexibility index (Phi) is 11.0. The van der Waals surface area contributed by atoms with Crippen molar-refractivity contribution < 1.29 is 19.1 Å².